The summed E-state index contributed by atoms with van der Waals surface area (Å²) in [6.45, 7) is 10.6. The van der Waals surface area contributed by atoms with E-state index in [-0.39, 0.29) is 11.4 Å². The van der Waals surface area contributed by atoms with Gasteiger partial charge in [-0.05, 0) is 24.7 Å². The second kappa shape index (κ2) is 11.3. The molecule has 19 heavy (non-hydrogen) atoms. The van der Waals surface area contributed by atoms with E-state index >= 15 is 0 Å². The van der Waals surface area contributed by atoms with E-state index in [2.05, 4.69) is 27.7 Å². The van der Waals surface area contributed by atoms with Crippen LogP contribution in [-0.2, 0) is 14.3 Å². The maximum absolute atomic E-state index is 11.7. The quantitative estimate of drug-likeness (QED) is 0.391. The SMILES string of the molecule is CCCCCCOC(=O)CC(C)(C)CCOCCC. The van der Waals surface area contributed by atoms with Gasteiger partial charge in [0.05, 0.1) is 13.0 Å². The minimum absolute atomic E-state index is 0.0335. The van der Waals surface area contributed by atoms with E-state index in [0.29, 0.717) is 13.0 Å². The zero-order valence-electron chi connectivity index (χ0n) is 13.3. The molecule has 3 nitrogen and oxygen atoms in total. The average Bonchev–Trinajstić information content (AvgIpc) is 2.34. The zero-order valence-corrected chi connectivity index (χ0v) is 13.3. The number of carbonyl (C=O) groups excluding carboxylic acids is 1. The summed E-state index contributed by atoms with van der Waals surface area (Å²) in [5.41, 5.74) is -0.0335. The van der Waals surface area contributed by atoms with Crippen molar-refractivity contribution >= 4 is 5.97 Å². The molecule has 0 fully saturated rings. The van der Waals surface area contributed by atoms with Crippen molar-refractivity contribution in [1.82, 2.24) is 0 Å². The Morgan fingerprint density at radius 2 is 1.68 bits per heavy atom. The monoisotopic (exact) mass is 272 g/mol. The normalized spacial score (nSPS) is 11.6. The van der Waals surface area contributed by atoms with Gasteiger partial charge >= 0.3 is 5.97 Å². The molecule has 0 atom stereocenters. The summed E-state index contributed by atoms with van der Waals surface area (Å²) in [6.07, 6.45) is 6.99. The molecule has 0 aliphatic heterocycles. The van der Waals surface area contributed by atoms with Crippen molar-refractivity contribution in [3.05, 3.63) is 0 Å². The molecule has 0 aliphatic rings. The van der Waals surface area contributed by atoms with Crippen LogP contribution in [-0.4, -0.2) is 25.8 Å². The standard InChI is InChI=1S/C16H32O3/c1-5-7-8-9-12-19-15(17)14-16(3,4)10-13-18-11-6-2/h5-14H2,1-4H3. The van der Waals surface area contributed by atoms with E-state index in [0.717, 1.165) is 38.9 Å². The van der Waals surface area contributed by atoms with E-state index in [1.165, 1.54) is 12.8 Å². The lowest BCUT2D eigenvalue weighted by Crippen LogP contribution is -2.21. The van der Waals surface area contributed by atoms with Gasteiger partial charge in [0.1, 0.15) is 0 Å². The fourth-order valence-corrected chi connectivity index (χ4v) is 1.84. The molecule has 0 N–H and O–H groups in total. The highest BCUT2D eigenvalue weighted by Crippen LogP contribution is 2.25. The Morgan fingerprint density at radius 3 is 2.32 bits per heavy atom. The second-order valence-electron chi connectivity index (χ2n) is 5.98. The fourth-order valence-electron chi connectivity index (χ4n) is 1.84. The average molecular weight is 272 g/mol. The van der Waals surface area contributed by atoms with Crippen LogP contribution in [0.4, 0.5) is 0 Å². The highest BCUT2D eigenvalue weighted by Gasteiger charge is 2.22. The maximum Gasteiger partial charge on any atom is 0.306 e. The van der Waals surface area contributed by atoms with Crippen LogP contribution in [0.25, 0.3) is 0 Å². The van der Waals surface area contributed by atoms with Crippen molar-refractivity contribution < 1.29 is 14.3 Å². The Hall–Kier alpha value is -0.570. The molecule has 0 rings (SSSR count). The van der Waals surface area contributed by atoms with Gasteiger partial charge in [0.25, 0.3) is 0 Å². The van der Waals surface area contributed by atoms with Crippen LogP contribution in [0.2, 0.25) is 0 Å². The molecule has 0 saturated carbocycles. The van der Waals surface area contributed by atoms with Gasteiger partial charge in [-0.2, -0.15) is 0 Å². The minimum atomic E-state index is -0.0722. The molecule has 0 unspecified atom stereocenters. The van der Waals surface area contributed by atoms with Crippen LogP contribution in [0.3, 0.4) is 0 Å². The van der Waals surface area contributed by atoms with Gasteiger partial charge in [0.15, 0.2) is 0 Å². The van der Waals surface area contributed by atoms with E-state index < -0.39 is 0 Å². The molecule has 0 radical (unpaired) electrons. The molecule has 0 saturated heterocycles. The summed E-state index contributed by atoms with van der Waals surface area (Å²) in [4.78, 5) is 11.7. The first-order valence-corrected chi connectivity index (χ1v) is 7.75. The number of rotatable bonds is 12. The van der Waals surface area contributed by atoms with Crippen molar-refractivity contribution in [2.24, 2.45) is 5.41 Å². The molecular weight excluding hydrogens is 240 g/mol. The molecular formula is C16H32O3. The smallest absolute Gasteiger partial charge is 0.306 e. The Morgan fingerprint density at radius 1 is 0.947 bits per heavy atom. The maximum atomic E-state index is 11.7. The van der Waals surface area contributed by atoms with Crippen LogP contribution in [0, 0.1) is 5.41 Å². The summed E-state index contributed by atoms with van der Waals surface area (Å²) in [6, 6.07) is 0. The third kappa shape index (κ3) is 12.2. The number of hydrogen-bond donors (Lipinski definition) is 0. The molecule has 0 aromatic heterocycles. The largest absolute Gasteiger partial charge is 0.466 e. The first-order chi connectivity index (χ1) is 9.02. The molecule has 0 aromatic carbocycles. The molecule has 0 aliphatic carbocycles. The molecule has 3 heteroatoms. The first-order valence-electron chi connectivity index (χ1n) is 7.75. The molecule has 0 amide bonds. The third-order valence-electron chi connectivity index (χ3n) is 3.16. The van der Waals surface area contributed by atoms with Gasteiger partial charge in [-0.25, -0.2) is 0 Å². The first kappa shape index (κ1) is 18.4. The highest BCUT2D eigenvalue weighted by atomic mass is 16.5. The zero-order chi connectivity index (χ0) is 14.6. The Bertz CT molecular complexity index is 224. The summed E-state index contributed by atoms with van der Waals surface area (Å²) in [7, 11) is 0. The van der Waals surface area contributed by atoms with Gasteiger partial charge < -0.3 is 9.47 Å². The van der Waals surface area contributed by atoms with Crippen LogP contribution in [0.5, 0.6) is 0 Å². The number of hydrogen-bond acceptors (Lipinski definition) is 3. The van der Waals surface area contributed by atoms with Crippen molar-refractivity contribution in [2.45, 2.75) is 72.6 Å². The topological polar surface area (TPSA) is 35.5 Å². The number of unbranched alkanes of at least 4 members (excludes halogenated alkanes) is 3. The molecule has 0 spiro atoms. The Kier molecular flexibility index (Phi) is 10.9. The molecule has 0 bridgehead atoms. The Balaban J connectivity index is 3.64. The lowest BCUT2D eigenvalue weighted by atomic mass is 9.86. The lowest BCUT2D eigenvalue weighted by Gasteiger charge is -2.23. The van der Waals surface area contributed by atoms with E-state index in [9.17, 15) is 4.79 Å². The van der Waals surface area contributed by atoms with E-state index in [1.54, 1.807) is 0 Å². The van der Waals surface area contributed by atoms with Crippen LogP contribution >= 0.6 is 0 Å². The highest BCUT2D eigenvalue weighted by molar-refractivity contribution is 5.70. The fraction of sp³-hybridized carbons (Fsp3) is 0.938. The number of esters is 1. The van der Waals surface area contributed by atoms with Crippen LogP contribution in [0.15, 0.2) is 0 Å². The van der Waals surface area contributed by atoms with Gasteiger partial charge in [0, 0.05) is 13.2 Å². The van der Waals surface area contributed by atoms with Gasteiger partial charge in [0.2, 0.25) is 0 Å². The van der Waals surface area contributed by atoms with Crippen molar-refractivity contribution in [3.8, 4) is 0 Å². The van der Waals surface area contributed by atoms with Crippen molar-refractivity contribution in [2.75, 3.05) is 19.8 Å². The Labute approximate surface area is 119 Å². The van der Waals surface area contributed by atoms with Crippen molar-refractivity contribution in [3.63, 3.8) is 0 Å². The second-order valence-corrected chi connectivity index (χ2v) is 5.98. The summed E-state index contributed by atoms with van der Waals surface area (Å²) >= 11 is 0. The van der Waals surface area contributed by atoms with Gasteiger partial charge in [-0.1, -0.05) is 47.0 Å². The van der Waals surface area contributed by atoms with Crippen LogP contribution in [0.1, 0.15) is 72.6 Å². The minimum Gasteiger partial charge on any atom is -0.466 e. The molecule has 0 aromatic rings. The number of ether oxygens (including phenoxy) is 2. The van der Waals surface area contributed by atoms with Gasteiger partial charge in [-0.15, -0.1) is 0 Å². The summed E-state index contributed by atoms with van der Waals surface area (Å²) < 4.78 is 10.7. The van der Waals surface area contributed by atoms with Crippen molar-refractivity contribution in [1.29, 1.82) is 0 Å². The van der Waals surface area contributed by atoms with Crippen LogP contribution < -0.4 is 0 Å². The number of carbonyl (C=O) groups is 1. The third-order valence-corrected chi connectivity index (χ3v) is 3.16. The summed E-state index contributed by atoms with van der Waals surface area (Å²) in [5, 5.41) is 0. The predicted octanol–water partition coefficient (Wildman–Crippen LogP) is 4.34. The molecule has 0 heterocycles. The molecule has 114 valence electrons. The van der Waals surface area contributed by atoms with Gasteiger partial charge in [-0.3, -0.25) is 4.79 Å². The van der Waals surface area contributed by atoms with E-state index in [1.807, 2.05) is 0 Å². The predicted molar refractivity (Wildman–Crippen MR) is 79.2 cm³/mol. The lowest BCUT2D eigenvalue weighted by molar-refractivity contribution is -0.146. The summed E-state index contributed by atoms with van der Waals surface area (Å²) in [5.74, 6) is -0.0722. The van der Waals surface area contributed by atoms with E-state index in [4.69, 9.17) is 9.47 Å².